The van der Waals surface area contributed by atoms with E-state index in [1.165, 1.54) is 11.6 Å². The van der Waals surface area contributed by atoms with E-state index in [4.69, 9.17) is 16.7 Å². The summed E-state index contributed by atoms with van der Waals surface area (Å²) in [5.41, 5.74) is 1.30. The first-order chi connectivity index (χ1) is 3.77. The van der Waals surface area contributed by atoms with E-state index in [1.807, 2.05) is 0 Å². The predicted octanol–water partition coefficient (Wildman–Crippen LogP) is 1.12. The van der Waals surface area contributed by atoms with Gasteiger partial charge in [-0.3, -0.25) is 0 Å². The van der Waals surface area contributed by atoms with E-state index in [2.05, 4.69) is 11.8 Å². The van der Waals surface area contributed by atoms with Crippen molar-refractivity contribution in [2.45, 2.75) is 13.0 Å². The summed E-state index contributed by atoms with van der Waals surface area (Å²) in [5.74, 6) is 5.00. The van der Waals surface area contributed by atoms with Crippen LogP contribution in [0.25, 0.3) is 0 Å². The Bertz CT molecular complexity index is 127. The summed E-state index contributed by atoms with van der Waals surface area (Å²) in [6.45, 7) is 1.59. The van der Waals surface area contributed by atoms with Gasteiger partial charge in [0, 0.05) is 5.54 Å². The highest BCUT2D eigenvalue weighted by Gasteiger charge is 1.78. The van der Waals surface area contributed by atoms with Crippen LogP contribution in [0, 0.1) is 11.8 Å². The molecule has 1 N–H and O–H groups in total. The zero-order valence-corrected chi connectivity index (χ0v) is 5.31. The smallest absolute Gasteiger partial charge is 0.112 e. The number of aliphatic hydroxyl groups is 1. The second-order valence-electron chi connectivity index (χ2n) is 1.26. The molecule has 0 rings (SSSR count). The van der Waals surface area contributed by atoms with Crippen LogP contribution >= 0.6 is 11.6 Å². The molecule has 0 bridgehead atoms. The molecule has 0 unspecified atom stereocenters. The Hall–Kier alpha value is -0.450. The molecule has 0 aliphatic heterocycles. The molecule has 0 heterocycles. The van der Waals surface area contributed by atoms with Gasteiger partial charge in [0.1, 0.15) is 6.10 Å². The Labute approximate surface area is 54.0 Å². The number of aliphatic hydroxyl groups excluding tert-OH is 1. The van der Waals surface area contributed by atoms with Crippen molar-refractivity contribution in [3.8, 4) is 11.8 Å². The topological polar surface area (TPSA) is 20.2 Å². The van der Waals surface area contributed by atoms with Crippen LogP contribution in [-0.4, -0.2) is 11.2 Å². The van der Waals surface area contributed by atoms with Crippen molar-refractivity contribution >= 4 is 11.6 Å². The normalized spacial score (nSPS) is 12.9. The maximum Gasteiger partial charge on any atom is 0.112 e. The molecule has 1 atom stereocenters. The van der Waals surface area contributed by atoms with Gasteiger partial charge in [-0.05, 0) is 13.0 Å². The van der Waals surface area contributed by atoms with E-state index in [-0.39, 0.29) is 0 Å². The number of allylic oxidation sites excluding steroid dienone is 1. The van der Waals surface area contributed by atoms with Gasteiger partial charge in [-0.25, -0.2) is 0 Å². The molecule has 0 spiro atoms. The van der Waals surface area contributed by atoms with Crippen LogP contribution in [-0.2, 0) is 0 Å². The molecule has 0 aromatic heterocycles. The van der Waals surface area contributed by atoms with E-state index >= 15 is 0 Å². The minimum Gasteiger partial charge on any atom is -0.381 e. The number of hydrogen-bond donors (Lipinski definition) is 1. The Kier molecular flexibility index (Phi) is 4.44. The maximum absolute atomic E-state index is 8.53. The van der Waals surface area contributed by atoms with Gasteiger partial charge in [-0.1, -0.05) is 23.4 Å². The van der Waals surface area contributed by atoms with Gasteiger partial charge in [-0.15, -0.1) is 0 Å². The lowest BCUT2D eigenvalue weighted by molar-refractivity contribution is 0.253. The fourth-order valence-corrected chi connectivity index (χ4v) is 0.263. The highest BCUT2D eigenvalue weighted by atomic mass is 35.5. The summed E-state index contributed by atoms with van der Waals surface area (Å²) in [4.78, 5) is 0. The third-order valence-electron chi connectivity index (χ3n) is 0.439. The number of halogens is 1. The minimum absolute atomic E-state index is 0.567. The van der Waals surface area contributed by atoms with Crippen LogP contribution < -0.4 is 0 Å². The van der Waals surface area contributed by atoms with Crippen molar-refractivity contribution in [3.05, 3.63) is 11.6 Å². The standard InChI is InChI=1S/C6H7ClO/c1-6(8)4-2-3-5-7/h3,5-6,8H,1H3/b5-3+/t6-/m1/s1. The summed E-state index contributed by atoms with van der Waals surface area (Å²) < 4.78 is 0. The molecule has 0 amide bonds. The fraction of sp³-hybridized carbons (Fsp3) is 0.333. The second kappa shape index (κ2) is 4.70. The van der Waals surface area contributed by atoms with Gasteiger partial charge in [0.2, 0.25) is 0 Å². The van der Waals surface area contributed by atoms with Gasteiger partial charge >= 0.3 is 0 Å². The lowest BCUT2D eigenvalue weighted by Gasteiger charge is -1.83. The summed E-state index contributed by atoms with van der Waals surface area (Å²) in [6.07, 6.45) is 0.900. The number of rotatable bonds is 0. The highest BCUT2D eigenvalue weighted by Crippen LogP contribution is 1.76. The van der Waals surface area contributed by atoms with E-state index in [0.717, 1.165) is 0 Å². The van der Waals surface area contributed by atoms with Crippen LogP contribution in [0.3, 0.4) is 0 Å². The molecular formula is C6H7ClO. The van der Waals surface area contributed by atoms with Crippen molar-refractivity contribution in [2.24, 2.45) is 0 Å². The lowest BCUT2D eigenvalue weighted by atomic mass is 10.4. The molecular weight excluding hydrogens is 124 g/mol. The monoisotopic (exact) mass is 130 g/mol. The van der Waals surface area contributed by atoms with E-state index in [0.29, 0.717) is 0 Å². The van der Waals surface area contributed by atoms with Gasteiger partial charge in [-0.2, -0.15) is 0 Å². The summed E-state index contributed by atoms with van der Waals surface area (Å²) >= 11 is 5.12. The minimum atomic E-state index is -0.567. The molecule has 2 heteroatoms. The molecule has 0 saturated carbocycles. The predicted molar refractivity (Wildman–Crippen MR) is 34.4 cm³/mol. The molecule has 44 valence electrons. The molecule has 0 radical (unpaired) electrons. The number of hydrogen-bond acceptors (Lipinski definition) is 1. The van der Waals surface area contributed by atoms with Gasteiger partial charge < -0.3 is 5.11 Å². The molecule has 0 saturated heterocycles. The van der Waals surface area contributed by atoms with Crippen molar-refractivity contribution in [2.75, 3.05) is 0 Å². The first-order valence-corrected chi connectivity index (χ1v) is 2.65. The Morgan fingerprint density at radius 2 is 2.38 bits per heavy atom. The summed E-state index contributed by atoms with van der Waals surface area (Å²) in [7, 11) is 0. The Morgan fingerprint density at radius 1 is 1.75 bits per heavy atom. The lowest BCUT2D eigenvalue weighted by Crippen LogP contribution is -1.91. The molecule has 1 nitrogen and oxygen atoms in total. The van der Waals surface area contributed by atoms with Crippen LogP contribution in [0.5, 0.6) is 0 Å². The average Bonchev–Trinajstić information content (AvgIpc) is 1.66. The van der Waals surface area contributed by atoms with E-state index < -0.39 is 6.10 Å². The first-order valence-electron chi connectivity index (χ1n) is 2.21. The molecule has 0 aliphatic rings. The largest absolute Gasteiger partial charge is 0.381 e. The van der Waals surface area contributed by atoms with Gasteiger partial charge in [0.15, 0.2) is 0 Å². The zero-order chi connectivity index (χ0) is 6.41. The summed E-state index contributed by atoms with van der Waals surface area (Å²) in [5, 5.41) is 8.53. The first kappa shape index (κ1) is 7.55. The van der Waals surface area contributed by atoms with Gasteiger partial charge in [0.05, 0.1) is 0 Å². The second-order valence-corrected chi connectivity index (χ2v) is 1.51. The van der Waals surface area contributed by atoms with Crippen LogP contribution in [0.4, 0.5) is 0 Å². The Balaban J connectivity index is 3.51. The third-order valence-corrected chi connectivity index (χ3v) is 0.565. The fourth-order valence-electron chi connectivity index (χ4n) is 0.200. The molecule has 0 aliphatic carbocycles. The van der Waals surface area contributed by atoms with Crippen LogP contribution in [0.15, 0.2) is 11.6 Å². The van der Waals surface area contributed by atoms with Crippen molar-refractivity contribution in [3.63, 3.8) is 0 Å². The summed E-state index contributed by atoms with van der Waals surface area (Å²) in [6, 6.07) is 0. The molecule has 8 heavy (non-hydrogen) atoms. The zero-order valence-electron chi connectivity index (χ0n) is 4.56. The average molecular weight is 131 g/mol. The molecule has 0 aromatic rings. The SMILES string of the molecule is C[C@@H](O)C#C/C=C/Cl. The van der Waals surface area contributed by atoms with E-state index in [1.54, 1.807) is 6.92 Å². The quantitative estimate of drug-likeness (QED) is 0.488. The molecule has 0 aromatic carbocycles. The maximum atomic E-state index is 8.53. The van der Waals surface area contributed by atoms with Crippen molar-refractivity contribution < 1.29 is 5.11 Å². The van der Waals surface area contributed by atoms with Crippen molar-refractivity contribution in [1.82, 2.24) is 0 Å². The van der Waals surface area contributed by atoms with E-state index in [9.17, 15) is 0 Å². The van der Waals surface area contributed by atoms with Crippen LogP contribution in [0.1, 0.15) is 6.92 Å². The molecule has 0 fully saturated rings. The van der Waals surface area contributed by atoms with Crippen LogP contribution in [0.2, 0.25) is 0 Å². The van der Waals surface area contributed by atoms with Crippen molar-refractivity contribution in [1.29, 1.82) is 0 Å². The third kappa shape index (κ3) is 5.55. The highest BCUT2D eigenvalue weighted by molar-refractivity contribution is 6.25. The van der Waals surface area contributed by atoms with Gasteiger partial charge in [0.25, 0.3) is 0 Å². The Morgan fingerprint density at radius 3 is 2.75 bits per heavy atom.